The summed E-state index contributed by atoms with van der Waals surface area (Å²) >= 11 is 0. The summed E-state index contributed by atoms with van der Waals surface area (Å²) in [4.78, 5) is 17.9. The molecule has 1 aromatic heterocycles. The van der Waals surface area contributed by atoms with E-state index >= 15 is 0 Å². The molecule has 3 nitrogen and oxygen atoms in total. The molecular formula is C16H18N2O. The number of H-pyrrole nitrogens is 1. The lowest BCUT2D eigenvalue weighted by atomic mass is 10.1. The third-order valence-electron chi connectivity index (χ3n) is 3.81. The number of anilines is 1. The number of aromatic nitrogens is 1. The summed E-state index contributed by atoms with van der Waals surface area (Å²) in [5, 5.41) is 0. The molecule has 0 saturated carbocycles. The van der Waals surface area contributed by atoms with Gasteiger partial charge in [-0.25, -0.2) is 0 Å². The lowest BCUT2D eigenvalue weighted by Crippen LogP contribution is -2.35. The molecule has 2 heterocycles. The molecular weight excluding hydrogens is 236 g/mol. The average Bonchev–Trinajstić information content (AvgIpc) is 2.87. The van der Waals surface area contributed by atoms with Crippen molar-refractivity contribution in [2.75, 3.05) is 4.90 Å². The Hall–Kier alpha value is -2.03. The van der Waals surface area contributed by atoms with Gasteiger partial charge in [0.05, 0.1) is 5.56 Å². The van der Waals surface area contributed by atoms with Gasteiger partial charge in [-0.05, 0) is 44.9 Å². The first kappa shape index (κ1) is 12.0. The lowest BCUT2D eigenvalue weighted by molar-refractivity contribution is 0.0981. The number of nitrogens with zero attached hydrogens (tertiary/aromatic N) is 1. The molecule has 1 aliphatic rings. The third kappa shape index (κ3) is 1.86. The summed E-state index contributed by atoms with van der Waals surface area (Å²) in [6.45, 7) is 6.03. The summed E-state index contributed by atoms with van der Waals surface area (Å²) in [5.41, 5.74) is 5.06. The van der Waals surface area contributed by atoms with E-state index in [1.54, 1.807) is 0 Å². The molecule has 1 aromatic carbocycles. The minimum Gasteiger partial charge on any atom is -0.362 e. The summed E-state index contributed by atoms with van der Waals surface area (Å²) in [5.74, 6) is 0.0966. The molecule has 98 valence electrons. The van der Waals surface area contributed by atoms with E-state index in [9.17, 15) is 4.79 Å². The van der Waals surface area contributed by atoms with Gasteiger partial charge in [-0.1, -0.05) is 18.2 Å². The van der Waals surface area contributed by atoms with Crippen LogP contribution in [0.5, 0.6) is 0 Å². The molecule has 0 fully saturated rings. The molecule has 1 aliphatic heterocycles. The molecule has 0 radical (unpaired) electrons. The first-order valence-corrected chi connectivity index (χ1v) is 6.65. The van der Waals surface area contributed by atoms with Gasteiger partial charge < -0.3 is 9.88 Å². The van der Waals surface area contributed by atoms with Crippen molar-refractivity contribution in [3.63, 3.8) is 0 Å². The van der Waals surface area contributed by atoms with Gasteiger partial charge in [-0.15, -0.1) is 0 Å². The van der Waals surface area contributed by atoms with Gasteiger partial charge in [-0.3, -0.25) is 4.79 Å². The SMILES string of the molecule is Cc1cc(C(=O)N2c3ccccc3CC2C)c(C)[nH]1. The molecule has 19 heavy (non-hydrogen) atoms. The predicted molar refractivity (Wildman–Crippen MR) is 76.7 cm³/mol. The van der Waals surface area contributed by atoms with Crippen LogP contribution < -0.4 is 4.90 Å². The fraction of sp³-hybridized carbons (Fsp3) is 0.312. The highest BCUT2D eigenvalue weighted by Gasteiger charge is 2.32. The maximum Gasteiger partial charge on any atom is 0.260 e. The maximum absolute atomic E-state index is 12.8. The van der Waals surface area contributed by atoms with Crippen molar-refractivity contribution in [3.8, 4) is 0 Å². The Bertz CT molecular complexity index is 642. The van der Waals surface area contributed by atoms with Crippen molar-refractivity contribution in [3.05, 3.63) is 52.8 Å². The van der Waals surface area contributed by atoms with Gasteiger partial charge in [0.2, 0.25) is 0 Å². The van der Waals surface area contributed by atoms with Crippen LogP contribution in [0.4, 0.5) is 5.69 Å². The molecule has 0 spiro atoms. The van der Waals surface area contributed by atoms with Gasteiger partial charge in [0.15, 0.2) is 0 Å². The second kappa shape index (κ2) is 4.26. The average molecular weight is 254 g/mol. The number of amides is 1. The molecule has 0 aliphatic carbocycles. The molecule has 3 heteroatoms. The van der Waals surface area contributed by atoms with Gasteiger partial charge in [0.25, 0.3) is 5.91 Å². The van der Waals surface area contributed by atoms with Gasteiger partial charge in [-0.2, -0.15) is 0 Å². The summed E-state index contributed by atoms with van der Waals surface area (Å²) in [7, 11) is 0. The minimum atomic E-state index is 0.0966. The second-order valence-corrected chi connectivity index (χ2v) is 5.35. The number of fused-ring (bicyclic) bond motifs is 1. The van der Waals surface area contributed by atoms with Gasteiger partial charge in [0.1, 0.15) is 0 Å². The Labute approximate surface area is 113 Å². The van der Waals surface area contributed by atoms with Crippen molar-refractivity contribution in [1.29, 1.82) is 0 Å². The number of carbonyl (C=O) groups is 1. The van der Waals surface area contributed by atoms with Crippen molar-refractivity contribution < 1.29 is 4.79 Å². The highest BCUT2D eigenvalue weighted by atomic mass is 16.2. The smallest absolute Gasteiger partial charge is 0.260 e. The molecule has 1 atom stereocenters. The standard InChI is InChI=1S/C16H18N2O/c1-10-8-14(12(3)17-10)16(19)18-11(2)9-13-6-4-5-7-15(13)18/h4-8,11,17H,9H2,1-3H3. The molecule has 1 unspecified atom stereocenters. The highest BCUT2D eigenvalue weighted by Crippen LogP contribution is 2.33. The van der Waals surface area contributed by atoms with Crippen LogP contribution in [0, 0.1) is 13.8 Å². The molecule has 1 amide bonds. The van der Waals surface area contributed by atoms with E-state index in [1.807, 2.05) is 43.0 Å². The molecule has 0 saturated heterocycles. The van der Waals surface area contributed by atoms with Crippen LogP contribution >= 0.6 is 0 Å². The lowest BCUT2D eigenvalue weighted by Gasteiger charge is -2.22. The van der Waals surface area contributed by atoms with E-state index in [0.717, 1.165) is 29.1 Å². The van der Waals surface area contributed by atoms with E-state index in [1.165, 1.54) is 5.56 Å². The number of hydrogen-bond acceptors (Lipinski definition) is 1. The number of aryl methyl sites for hydroxylation is 2. The number of aromatic amines is 1. The monoisotopic (exact) mass is 254 g/mol. The van der Waals surface area contributed by atoms with E-state index in [-0.39, 0.29) is 11.9 Å². The van der Waals surface area contributed by atoms with Crippen LogP contribution in [0.15, 0.2) is 30.3 Å². The van der Waals surface area contributed by atoms with Crippen LogP contribution in [0.25, 0.3) is 0 Å². The minimum absolute atomic E-state index is 0.0966. The second-order valence-electron chi connectivity index (χ2n) is 5.35. The first-order valence-electron chi connectivity index (χ1n) is 6.65. The van der Waals surface area contributed by atoms with Crippen LogP contribution in [0.1, 0.15) is 34.2 Å². The van der Waals surface area contributed by atoms with Crippen LogP contribution in [-0.2, 0) is 6.42 Å². The summed E-state index contributed by atoms with van der Waals surface area (Å²) in [6, 6.07) is 10.3. The van der Waals surface area contributed by atoms with Crippen molar-refractivity contribution >= 4 is 11.6 Å². The predicted octanol–water partition coefficient (Wildman–Crippen LogP) is 3.22. The topological polar surface area (TPSA) is 36.1 Å². The fourth-order valence-corrected chi connectivity index (χ4v) is 2.95. The maximum atomic E-state index is 12.8. The summed E-state index contributed by atoms with van der Waals surface area (Å²) < 4.78 is 0. The fourth-order valence-electron chi connectivity index (χ4n) is 2.95. The normalized spacial score (nSPS) is 17.6. The Kier molecular flexibility index (Phi) is 2.70. The molecule has 2 aromatic rings. The first-order chi connectivity index (χ1) is 9.08. The molecule has 0 bridgehead atoms. The van der Waals surface area contributed by atoms with Gasteiger partial charge >= 0.3 is 0 Å². The quantitative estimate of drug-likeness (QED) is 0.833. The van der Waals surface area contributed by atoms with Crippen LogP contribution in [-0.4, -0.2) is 16.9 Å². The summed E-state index contributed by atoms with van der Waals surface area (Å²) in [6.07, 6.45) is 0.935. The third-order valence-corrected chi connectivity index (χ3v) is 3.81. The zero-order valence-electron chi connectivity index (χ0n) is 11.5. The van der Waals surface area contributed by atoms with E-state index in [0.29, 0.717) is 0 Å². The Balaban J connectivity index is 2.03. The number of hydrogen-bond donors (Lipinski definition) is 1. The van der Waals surface area contributed by atoms with Crippen molar-refractivity contribution in [2.45, 2.75) is 33.2 Å². The molecule has 3 rings (SSSR count). The van der Waals surface area contributed by atoms with Gasteiger partial charge in [0, 0.05) is 23.1 Å². The van der Waals surface area contributed by atoms with Crippen molar-refractivity contribution in [2.24, 2.45) is 0 Å². The van der Waals surface area contributed by atoms with Crippen molar-refractivity contribution in [1.82, 2.24) is 4.98 Å². The van der Waals surface area contributed by atoms with Crippen LogP contribution in [0.3, 0.4) is 0 Å². The highest BCUT2D eigenvalue weighted by molar-refractivity contribution is 6.08. The Morgan fingerprint density at radius 2 is 2.05 bits per heavy atom. The number of nitrogens with one attached hydrogen (secondary N) is 1. The Morgan fingerprint density at radius 1 is 1.32 bits per heavy atom. The van der Waals surface area contributed by atoms with E-state index < -0.39 is 0 Å². The number of rotatable bonds is 1. The van der Waals surface area contributed by atoms with E-state index in [4.69, 9.17) is 0 Å². The van der Waals surface area contributed by atoms with E-state index in [2.05, 4.69) is 18.0 Å². The number of benzene rings is 1. The Morgan fingerprint density at radius 3 is 2.74 bits per heavy atom. The zero-order valence-corrected chi connectivity index (χ0v) is 11.5. The number of para-hydroxylation sites is 1. The largest absolute Gasteiger partial charge is 0.362 e. The zero-order chi connectivity index (χ0) is 13.6. The van der Waals surface area contributed by atoms with Crippen LogP contribution in [0.2, 0.25) is 0 Å². The molecule has 1 N–H and O–H groups in total. The number of carbonyl (C=O) groups excluding carboxylic acids is 1.